The summed E-state index contributed by atoms with van der Waals surface area (Å²) in [6, 6.07) is 49.8. The number of pyridine rings is 1. The third-order valence-electron chi connectivity index (χ3n) is 16.0. The smallest absolute Gasteiger partial charge is 0.186 e. The van der Waals surface area contributed by atoms with Crippen molar-refractivity contribution < 1.29 is 15.7 Å². The van der Waals surface area contributed by atoms with Crippen molar-refractivity contribution in [2.45, 2.75) is 112 Å². The van der Waals surface area contributed by atoms with Crippen molar-refractivity contribution in [3.05, 3.63) is 223 Å². The Morgan fingerprint density at radius 1 is 0.506 bits per heavy atom. The number of benzene rings is 8. The predicted octanol–water partition coefficient (Wildman–Crippen LogP) is 19.9. The molecule has 0 aliphatic carbocycles. The second-order valence-corrected chi connectivity index (χ2v) is 25.5. The topological polar surface area (TPSA) is 27.1 Å². The van der Waals surface area contributed by atoms with Crippen molar-refractivity contribution in [2.75, 3.05) is 6.67 Å². The van der Waals surface area contributed by atoms with Crippen molar-refractivity contribution in [1.29, 1.82) is 0 Å². The molecule has 5 nitrogen and oxygen atoms in total. The molecule has 1 saturated heterocycles. The SMILES string of the molecule is [2H]c1c([2H])c([2H])c(-c2cccc(-c3cc(C(C)(C)C)cc(C(C)(C)C)c3)c2[N@+]23[CH-][N@+](c4cc(Oc5ccc6c7cc(-c8ccccc8)ccc7n(-c7cc(C(C)(C)C)ccn7)c6c5)cc(C(C)(C)C)c4)(C2)c2cccc(C([2H])([2H])[2H])c23)c([2H])c1[2H]. The van der Waals surface area contributed by atoms with E-state index < -0.39 is 25.0 Å². The molecule has 2 aromatic heterocycles. The zero-order valence-electron chi connectivity index (χ0n) is 54.5. The van der Waals surface area contributed by atoms with E-state index in [4.69, 9.17) is 13.8 Å². The highest BCUT2D eigenvalue weighted by molar-refractivity contribution is 6.11. The van der Waals surface area contributed by atoms with E-state index in [1.807, 2.05) is 48.7 Å². The zero-order chi connectivity index (χ0) is 60.9. The monoisotopic (exact) mass is 1020 g/mol. The summed E-state index contributed by atoms with van der Waals surface area (Å²) in [4.78, 5) is 4.99. The normalized spacial score (nSPS) is 19.1. The third kappa shape index (κ3) is 8.51. The molecule has 1 fully saturated rings. The van der Waals surface area contributed by atoms with Gasteiger partial charge in [0, 0.05) is 62.0 Å². The molecule has 2 atom stereocenters. The van der Waals surface area contributed by atoms with Gasteiger partial charge in [-0.15, -0.1) is 0 Å². The number of ether oxygens (including phenoxy) is 1. The minimum Gasteiger partial charge on any atom is -0.457 e. The molecule has 386 valence electrons. The van der Waals surface area contributed by atoms with Gasteiger partial charge in [-0.1, -0.05) is 186 Å². The molecule has 2 bridgehead atoms. The van der Waals surface area contributed by atoms with Crippen molar-refractivity contribution >= 4 is 44.6 Å². The maximum atomic E-state index is 9.48. The minimum absolute atomic E-state index is 0.0485. The highest BCUT2D eigenvalue weighted by Crippen LogP contribution is 2.69. The number of aromatic nitrogens is 2. The van der Waals surface area contributed by atoms with Crippen LogP contribution in [0.25, 0.3) is 61.0 Å². The van der Waals surface area contributed by atoms with Gasteiger partial charge in [0.25, 0.3) is 0 Å². The molecular weight excluding hydrogens is 937 g/mol. The number of quaternary nitrogens is 2. The third-order valence-corrected chi connectivity index (χ3v) is 16.0. The Kier molecular flexibility index (Phi) is 9.58. The van der Waals surface area contributed by atoms with Crippen LogP contribution in [-0.2, 0) is 21.7 Å². The average molecular weight is 1020 g/mol. The Labute approximate surface area is 468 Å². The van der Waals surface area contributed by atoms with Crippen molar-refractivity contribution in [1.82, 2.24) is 18.5 Å². The van der Waals surface area contributed by atoms with E-state index in [9.17, 15) is 6.85 Å². The molecule has 0 spiro atoms. The summed E-state index contributed by atoms with van der Waals surface area (Å²) in [6.45, 7) is 26.2. The van der Waals surface area contributed by atoms with Gasteiger partial charge >= 0.3 is 0 Å². The molecule has 13 rings (SSSR count). The maximum Gasteiger partial charge on any atom is 0.186 e. The van der Waals surface area contributed by atoms with Gasteiger partial charge in [0.1, 0.15) is 28.7 Å². The minimum atomic E-state index is -2.57. The largest absolute Gasteiger partial charge is 0.457 e. The fraction of sp³-hybridized carbons (Fsp3) is 0.250. The molecule has 0 N–H and O–H groups in total. The number of rotatable bonds is 8. The van der Waals surface area contributed by atoms with E-state index in [0.717, 1.165) is 83.5 Å². The van der Waals surface area contributed by atoms with Crippen LogP contribution in [0.3, 0.4) is 0 Å². The second-order valence-electron chi connectivity index (χ2n) is 25.5. The van der Waals surface area contributed by atoms with Crippen LogP contribution >= 0.6 is 0 Å². The number of fused-ring (bicyclic) bond motifs is 3. The van der Waals surface area contributed by atoms with Crippen LogP contribution in [0.4, 0.5) is 22.7 Å². The average Bonchev–Trinajstić information content (AvgIpc) is 1.50. The van der Waals surface area contributed by atoms with Crippen LogP contribution in [0.15, 0.2) is 188 Å². The Bertz CT molecular complexity index is 4310. The Hall–Kier alpha value is -7.57. The highest BCUT2D eigenvalue weighted by Gasteiger charge is 2.64. The van der Waals surface area contributed by atoms with Crippen LogP contribution in [-0.4, -0.2) is 16.2 Å². The van der Waals surface area contributed by atoms with Crippen LogP contribution in [0.2, 0.25) is 0 Å². The number of hydrogen-bond donors (Lipinski definition) is 0. The molecule has 0 amide bonds. The van der Waals surface area contributed by atoms with Crippen LogP contribution in [0.1, 0.15) is 122 Å². The molecule has 5 heterocycles. The Balaban J connectivity index is 1.07. The molecular formula is C72H73N4O+. The van der Waals surface area contributed by atoms with E-state index in [-0.39, 0.29) is 60.5 Å². The summed E-state index contributed by atoms with van der Waals surface area (Å²) in [5.74, 6) is 2.03. The molecule has 5 heteroatoms. The van der Waals surface area contributed by atoms with Gasteiger partial charge in [0.2, 0.25) is 0 Å². The van der Waals surface area contributed by atoms with Gasteiger partial charge in [-0.25, -0.2) is 4.98 Å². The lowest BCUT2D eigenvalue weighted by molar-refractivity contribution is 0.187. The summed E-state index contributed by atoms with van der Waals surface area (Å²) >= 11 is 0. The first-order valence-corrected chi connectivity index (χ1v) is 26.9. The number of nitrogens with zero attached hydrogens (tertiary/aromatic N) is 4. The molecule has 77 heavy (non-hydrogen) atoms. The number of aryl methyl sites for hydroxylation is 1. The molecule has 0 radical (unpaired) electrons. The van der Waals surface area contributed by atoms with E-state index in [0.29, 0.717) is 28.4 Å². The number of hydrogen-bond acceptors (Lipinski definition) is 2. The van der Waals surface area contributed by atoms with E-state index in [2.05, 4.69) is 197 Å². The molecule has 10 aromatic rings. The van der Waals surface area contributed by atoms with Crippen molar-refractivity contribution in [3.63, 3.8) is 0 Å². The van der Waals surface area contributed by atoms with E-state index >= 15 is 0 Å². The summed E-state index contributed by atoms with van der Waals surface area (Å²) in [6.07, 6.45) is 1.89. The van der Waals surface area contributed by atoms with Gasteiger partial charge in [-0.05, 0) is 128 Å². The number of para-hydroxylation sites is 2. The van der Waals surface area contributed by atoms with Gasteiger partial charge in [0.05, 0.1) is 24.6 Å². The van der Waals surface area contributed by atoms with Crippen LogP contribution < -0.4 is 13.7 Å². The molecule has 3 aliphatic rings. The van der Waals surface area contributed by atoms with Gasteiger partial charge in [-0.3, -0.25) is 13.5 Å². The lowest BCUT2D eigenvalue weighted by atomic mass is 9.78. The van der Waals surface area contributed by atoms with Gasteiger partial charge in [0.15, 0.2) is 18.0 Å². The summed E-state index contributed by atoms with van der Waals surface area (Å²) in [5, 5.41) is 2.14. The summed E-state index contributed by atoms with van der Waals surface area (Å²) < 4.78 is 82.6. The standard InChI is InChI=1S/C72H73N4O/c1-47-22-20-29-65-67(47)76(68-59(49-25-18-15-19-26-49)27-21-28-60(68)51-36-53(70(5,6)7)39-54(37-51)71(8,9)10)45-75(65,46-76)56-40-55(72(11,12)13)41-58(43-56)77-57-31-32-61-62-38-50(48-23-16-14-17-24-48)30-33-63(62)74(64(61)44-57)66-42-52(34-35-73-66)69(2,3)4/h14-45H,46H2,1-13H3/q+1/t75-,76-/m1/s1/i1D3,15D,18D,19D,25D,26D. The fourth-order valence-electron chi connectivity index (χ4n) is 11.7. The Morgan fingerprint density at radius 3 is 1.84 bits per heavy atom. The predicted molar refractivity (Wildman–Crippen MR) is 326 cm³/mol. The van der Waals surface area contributed by atoms with Crippen molar-refractivity contribution in [2.24, 2.45) is 0 Å². The summed E-state index contributed by atoms with van der Waals surface area (Å²) in [7, 11) is 0. The fourth-order valence-corrected chi connectivity index (χ4v) is 11.7. The van der Waals surface area contributed by atoms with Crippen LogP contribution in [0.5, 0.6) is 11.5 Å². The first kappa shape index (κ1) is 41.6. The van der Waals surface area contributed by atoms with Crippen molar-refractivity contribution in [3.8, 4) is 50.7 Å². The lowest BCUT2D eigenvalue weighted by Gasteiger charge is -2.57. The lowest BCUT2D eigenvalue weighted by Crippen LogP contribution is -2.67. The Morgan fingerprint density at radius 2 is 1.17 bits per heavy atom. The van der Waals surface area contributed by atoms with E-state index in [1.165, 1.54) is 0 Å². The van der Waals surface area contributed by atoms with Crippen LogP contribution in [0, 0.1) is 13.5 Å². The molecule has 0 saturated carbocycles. The molecule has 8 aromatic carbocycles. The van der Waals surface area contributed by atoms with Gasteiger partial charge < -0.3 is 4.74 Å². The molecule has 3 aliphatic heterocycles. The summed E-state index contributed by atoms with van der Waals surface area (Å²) in [5.41, 5.74) is 12.7. The van der Waals surface area contributed by atoms with Gasteiger partial charge in [-0.2, -0.15) is 0 Å². The second kappa shape index (κ2) is 17.7. The quantitative estimate of drug-likeness (QED) is 0.112. The van der Waals surface area contributed by atoms with E-state index in [1.54, 1.807) is 6.07 Å². The maximum absolute atomic E-state index is 9.48. The first-order valence-electron chi connectivity index (χ1n) is 30.9. The first-order chi connectivity index (χ1) is 39.8. The zero-order valence-corrected chi connectivity index (χ0v) is 46.5. The molecule has 0 unspecified atom stereocenters. The highest BCUT2D eigenvalue weighted by atomic mass is 16.5.